The summed E-state index contributed by atoms with van der Waals surface area (Å²) in [6, 6.07) is 19.2. The summed E-state index contributed by atoms with van der Waals surface area (Å²) in [5.41, 5.74) is -0.187. The smallest absolute Gasteiger partial charge is 0.339 e. The number of carboxylic acid groups (broad SMARTS) is 1. The van der Waals surface area contributed by atoms with Gasteiger partial charge in [0.2, 0.25) is 0 Å². The van der Waals surface area contributed by atoms with Crippen LogP contribution in [0.5, 0.6) is 11.5 Å². The summed E-state index contributed by atoms with van der Waals surface area (Å²) in [6.07, 6.45) is 1.21. The maximum atomic E-state index is 12.6. The molecule has 0 spiro atoms. The molecule has 0 aromatic heterocycles. The number of anilines is 1. The van der Waals surface area contributed by atoms with Gasteiger partial charge in [-0.15, -0.1) is 0 Å². The SMILES string of the molecule is COc1ccc(/C=C(\C#N)C(=O)Nc2ccccc2C(=O)O)cc1OS(=O)(=O)c1ccccc1. The predicted molar refractivity (Wildman–Crippen MR) is 123 cm³/mol. The number of rotatable bonds is 8. The topological polar surface area (TPSA) is 143 Å². The number of methoxy groups -OCH3 is 1. The summed E-state index contributed by atoms with van der Waals surface area (Å²) in [4.78, 5) is 23.9. The Hall–Kier alpha value is -4.62. The molecular formula is C24H18N2O7S. The average molecular weight is 478 g/mol. The van der Waals surface area contributed by atoms with Crippen molar-refractivity contribution in [3.63, 3.8) is 0 Å². The van der Waals surface area contributed by atoms with Crippen LogP contribution < -0.4 is 14.2 Å². The van der Waals surface area contributed by atoms with Crippen molar-refractivity contribution in [1.82, 2.24) is 0 Å². The highest BCUT2D eigenvalue weighted by Gasteiger charge is 2.20. The zero-order valence-electron chi connectivity index (χ0n) is 17.8. The number of amides is 1. The summed E-state index contributed by atoms with van der Waals surface area (Å²) in [5, 5.41) is 21.1. The van der Waals surface area contributed by atoms with E-state index in [4.69, 9.17) is 8.92 Å². The second-order valence-corrected chi connectivity index (χ2v) is 8.28. The first kappa shape index (κ1) is 24.0. The number of aromatic carboxylic acids is 1. The number of carbonyl (C=O) groups excluding carboxylic acids is 1. The van der Waals surface area contributed by atoms with Crippen LogP contribution in [-0.2, 0) is 14.9 Å². The molecule has 0 aliphatic heterocycles. The Morgan fingerprint density at radius 2 is 1.68 bits per heavy atom. The molecule has 172 valence electrons. The first-order valence-corrected chi connectivity index (χ1v) is 11.1. The number of hydrogen-bond donors (Lipinski definition) is 2. The molecule has 0 saturated carbocycles. The molecule has 0 aliphatic rings. The molecule has 34 heavy (non-hydrogen) atoms. The molecule has 2 N–H and O–H groups in total. The van der Waals surface area contributed by atoms with Crippen LogP contribution in [-0.4, -0.2) is 32.5 Å². The van der Waals surface area contributed by atoms with Crippen LogP contribution in [0.25, 0.3) is 6.08 Å². The number of carbonyl (C=O) groups is 2. The largest absolute Gasteiger partial charge is 0.493 e. The lowest BCUT2D eigenvalue weighted by atomic mass is 10.1. The van der Waals surface area contributed by atoms with Crippen molar-refractivity contribution >= 4 is 33.8 Å². The van der Waals surface area contributed by atoms with Gasteiger partial charge in [0.05, 0.1) is 18.4 Å². The lowest BCUT2D eigenvalue weighted by molar-refractivity contribution is -0.112. The number of ether oxygens (including phenoxy) is 1. The van der Waals surface area contributed by atoms with E-state index in [0.717, 1.165) is 0 Å². The third-order valence-corrected chi connectivity index (χ3v) is 5.75. The predicted octanol–water partition coefficient (Wildman–Crippen LogP) is 3.71. The Bertz CT molecular complexity index is 1410. The fraction of sp³-hybridized carbons (Fsp3) is 0.0417. The van der Waals surface area contributed by atoms with Crippen molar-refractivity contribution in [3.8, 4) is 17.6 Å². The van der Waals surface area contributed by atoms with E-state index in [9.17, 15) is 28.4 Å². The first-order valence-electron chi connectivity index (χ1n) is 9.68. The van der Waals surface area contributed by atoms with E-state index < -0.39 is 22.0 Å². The van der Waals surface area contributed by atoms with Crippen LogP contribution in [0.15, 0.2) is 83.3 Å². The van der Waals surface area contributed by atoms with Gasteiger partial charge >= 0.3 is 16.1 Å². The molecule has 3 aromatic rings. The van der Waals surface area contributed by atoms with Gasteiger partial charge in [-0.25, -0.2) is 4.79 Å². The van der Waals surface area contributed by atoms with Crippen molar-refractivity contribution in [1.29, 1.82) is 5.26 Å². The fourth-order valence-corrected chi connectivity index (χ4v) is 3.84. The summed E-state index contributed by atoms with van der Waals surface area (Å²) in [6.45, 7) is 0. The van der Waals surface area contributed by atoms with Gasteiger partial charge in [0, 0.05) is 0 Å². The van der Waals surface area contributed by atoms with Crippen LogP contribution >= 0.6 is 0 Å². The molecule has 0 radical (unpaired) electrons. The van der Waals surface area contributed by atoms with E-state index in [1.807, 2.05) is 0 Å². The minimum atomic E-state index is -4.17. The van der Waals surface area contributed by atoms with Gasteiger partial charge in [0.1, 0.15) is 16.5 Å². The highest BCUT2D eigenvalue weighted by Crippen LogP contribution is 2.31. The Kier molecular flexibility index (Phi) is 7.30. The van der Waals surface area contributed by atoms with Crippen molar-refractivity contribution in [3.05, 3.63) is 89.5 Å². The van der Waals surface area contributed by atoms with Gasteiger partial charge in [0.25, 0.3) is 5.91 Å². The summed E-state index contributed by atoms with van der Waals surface area (Å²) in [7, 11) is -2.83. The van der Waals surface area contributed by atoms with E-state index in [0.29, 0.717) is 0 Å². The van der Waals surface area contributed by atoms with E-state index in [1.165, 1.54) is 67.8 Å². The molecule has 9 nitrogen and oxygen atoms in total. The minimum absolute atomic E-state index is 0.0221. The lowest BCUT2D eigenvalue weighted by Gasteiger charge is -2.12. The Labute approximate surface area is 195 Å². The van der Waals surface area contributed by atoms with E-state index in [2.05, 4.69) is 5.32 Å². The third-order valence-electron chi connectivity index (χ3n) is 4.50. The molecule has 3 aromatic carbocycles. The maximum Gasteiger partial charge on any atom is 0.339 e. The molecular weight excluding hydrogens is 460 g/mol. The zero-order valence-corrected chi connectivity index (χ0v) is 18.6. The molecule has 10 heteroatoms. The summed E-state index contributed by atoms with van der Waals surface area (Å²) < 4.78 is 35.6. The van der Waals surface area contributed by atoms with Crippen LogP contribution in [0.1, 0.15) is 15.9 Å². The molecule has 3 rings (SSSR count). The van der Waals surface area contributed by atoms with E-state index in [-0.39, 0.29) is 38.8 Å². The lowest BCUT2D eigenvalue weighted by Crippen LogP contribution is -2.16. The maximum absolute atomic E-state index is 12.6. The van der Waals surface area contributed by atoms with Gasteiger partial charge in [0.15, 0.2) is 11.5 Å². The molecule has 0 unspecified atom stereocenters. The van der Waals surface area contributed by atoms with Gasteiger partial charge < -0.3 is 19.3 Å². The minimum Gasteiger partial charge on any atom is -0.493 e. The van der Waals surface area contributed by atoms with Crippen molar-refractivity contribution in [2.24, 2.45) is 0 Å². The molecule has 0 fully saturated rings. The Balaban J connectivity index is 1.92. The number of carboxylic acids is 1. The average Bonchev–Trinajstić information content (AvgIpc) is 2.83. The molecule has 0 bridgehead atoms. The summed E-state index contributed by atoms with van der Waals surface area (Å²) in [5.74, 6) is -2.11. The number of benzene rings is 3. The van der Waals surface area contributed by atoms with Crippen LogP contribution in [0.3, 0.4) is 0 Å². The number of para-hydroxylation sites is 1. The number of hydrogen-bond acceptors (Lipinski definition) is 7. The molecule has 1 amide bonds. The second kappa shape index (κ2) is 10.3. The standard InChI is InChI=1S/C24H18N2O7S/c1-32-21-12-11-16(14-22(21)33-34(30,31)18-7-3-2-4-8-18)13-17(15-25)23(27)26-20-10-6-5-9-19(20)24(28)29/h2-14H,1H3,(H,26,27)(H,28,29)/b17-13+. The number of nitrogens with one attached hydrogen (secondary N) is 1. The Morgan fingerprint density at radius 3 is 2.32 bits per heavy atom. The Morgan fingerprint density at radius 1 is 1.00 bits per heavy atom. The van der Waals surface area contributed by atoms with Crippen molar-refractivity contribution in [2.75, 3.05) is 12.4 Å². The molecule has 0 heterocycles. The van der Waals surface area contributed by atoms with Crippen molar-refractivity contribution in [2.45, 2.75) is 4.90 Å². The summed E-state index contributed by atoms with van der Waals surface area (Å²) >= 11 is 0. The monoisotopic (exact) mass is 478 g/mol. The number of nitrogens with zero attached hydrogens (tertiary/aromatic N) is 1. The van der Waals surface area contributed by atoms with Crippen LogP contribution in [0.4, 0.5) is 5.69 Å². The number of nitriles is 1. The second-order valence-electron chi connectivity index (χ2n) is 6.74. The zero-order chi connectivity index (χ0) is 24.7. The van der Waals surface area contributed by atoms with Crippen LogP contribution in [0.2, 0.25) is 0 Å². The first-order chi connectivity index (χ1) is 16.2. The van der Waals surface area contributed by atoms with Gasteiger partial charge in [-0.2, -0.15) is 13.7 Å². The fourth-order valence-electron chi connectivity index (χ4n) is 2.89. The third kappa shape index (κ3) is 5.59. The van der Waals surface area contributed by atoms with Crippen LogP contribution in [0, 0.1) is 11.3 Å². The molecule has 0 aliphatic carbocycles. The molecule has 0 atom stereocenters. The molecule has 0 saturated heterocycles. The van der Waals surface area contributed by atoms with E-state index in [1.54, 1.807) is 24.3 Å². The van der Waals surface area contributed by atoms with Gasteiger partial charge in [-0.1, -0.05) is 36.4 Å². The van der Waals surface area contributed by atoms with Gasteiger partial charge in [-0.3, -0.25) is 4.79 Å². The normalized spacial score (nSPS) is 11.2. The quantitative estimate of drug-likeness (QED) is 0.283. The highest BCUT2D eigenvalue weighted by atomic mass is 32.2. The van der Waals surface area contributed by atoms with E-state index >= 15 is 0 Å². The van der Waals surface area contributed by atoms with Gasteiger partial charge in [-0.05, 0) is 48.0 Å². The van der Waals surface area contributed by atoms with Crippen molar-refractivity contribution < 1.29 is 32.0 Å². The highest BCUT2D eigenvalue weighted by molar-refractivity contribution is 7.87.